The highest BCUT2D eigenvalue weighted by Crippen LogP contribution is 1.98. The van der Waals surface area contributed by atoms with Crippen LogP contribution in [0.3, 0.4) is 0 Å². The summed E-state index contributed by atoms with van der Waals surface area (Å²) in [5.41, 5.74) is 0. The zero-order chi connectivity index (χ0) is 11.8. The SMILES string of the molecule is O=C(CCl)NCCC(=O)NCc1ccco1. The lowest BCUT2D eigenvalue weighted by molar-refractivity contribution is -0.121. The molecule has 0 fully saturated rings. The maximum atomic E-state index is 11.3. The van der Waals surface area contributed by atoms with Crippen LogP contribution in [0.4, 0.5) is 0 Å². The molecule has 1 heterocycles. The predicted octanol–water partition coefficient (Wildman–Crippen LogP) is 0.641. The van der Waals surface area contributed by atoms with E-state index in [1.807, 2.05) is 0 Å². The molecule has 0 saturated carbocycles. The first-order valence-corrected chi connectivity index (χ1v) is 5.37. The summed E-state index contributed by atoms with van der Waals surface area (Å²) >= 11 is 5.27. The van der Waals surface area contributed by atoms with Crippen LogP contribution in [0.25, 0.3) is 0 Å². The number of alkyl halides is 1. The van der Waals surface area contributed by atoms with Crippen molar-refractivity contribution >= 4 is 23.4 Å². The quantitative estimate of drug-likeness (QED) is 0.722. The summed E-state index contributed by atoms with van der Waals surface area (Å²) in [5, 5.41) is 5.16. The smallest absolute Gasteiger partial charge is 0.234 e. The van der Waals surface area contributed by atoms with Crippen LogP contribution in [0.5, 0.6) is 0 Å². The second-order valence-electron chi connectivity index (χ2n) is 3.09. The summed E-state index contributed by atoms with van der Waals surface area (Å²) in [6.45, 7) is 0.644. The second kappa shape index (κ2) is 6.90. The van der Waals surface area contributed by atoms with Crippen LogP contribution in [-0.2, 0) is 16.1 Å². The Balaban J connectivity index is 2.09. The predicted molar refractivity (Wildman–Crippen MR) is 58.9 cm³/mol. The molecule has 2 amide bonds. The lowest BCUT2D eigenvalue weighted by Crippen LogP contribution is -2.30. The Labute approximate surface area is 98.1 Å². The first kappa shape index (κ1) is 12.6. The number of hydrogen-bond donors (Lipinski definition) is 2. The largest absolute Gasteiger partial charge is 0.467 e. The minimum Gasteiger partial charge on any atom is -0.467 e. The van der Waals surface area contributed by atoms with Crippen molar-refractivity contribution in [2.75, 3.05) is 12.4 Å². The van der Waals surface area contributed by atoms with E-state index in [9.17, 15) is 9.59 Å². The van der Waals surface area contributed by atoms with Crippen molar-refractivity contribution in [2.24, 2.45) is 0 Å². The molecule has 0 bridgehead atoms. The van der Waals surface area contributed by atoms with Crippen LogP contribution in [0.15, 0.2) is 22.8 Å². The number of carbonyl (C=O) groups excluding carboxylic acids is 2. The molecule has 16 heavy (non-hydrogen) atoms. The van der Waals surface area contributed by atoms with Crippen molar-refractivity contribution in [3.8, 4) is 0 Å². The number of halogens is 1. The van der Waals surface area contributed by atoms with Crippen LogP contribution < -0.4 is 10.6 Å². The van der Waals surface area contributed by atoms with Gasteiger partial charge in [-0.2, -0.15) is 0 Å². The average molecular weight is 245 g/mol. The van der Waals surface area contributed by atoms with Gasteiger partial charge in [-0.25, -0.2) is 0 Å². The van der Waals surface area contributed by atoms with Gasteiger partial charge >= 0.3 is 0 Å². The molecular formula is C10H13ClN2O3. The number of amides is 2. The maximum Gasteiger partial charge on any atom is 0.234 e. The molecule has 2 N–H and O–H groups in total. The maximum absolute atomic E-state index is 11.3. The normalized spacial score (nSPS) is 9.81. The van der Waals surface area contributed by atoms with E-state index >= 15 is 0 Å². The number of nitrogens with one attached hydrogen (secondary N) is 2. The van der Waals surface area contributed by atoms with Crippen molar-refractivity contribution in [1.82, 2.24) is 10.6 Å². The van der Waals surface area contributed by atoms with E-state index in [0.717, 1.165) is 0 Å². The Bertz CT molecular complexity index is 338. The Morgan fingerprint density at radius 2 is 2.12 bits per heavy atom. The average Bonchev–Trinajstić information content (AvgIpc) is 2.79. The third-order valence-corrected chi connectivity index (χ3v) is 2.08. The number of hydrogen-bond acceptors (Lipinski definition) is 3. The van der Waals surface area contributed by atoms with E-state index in [1.54, 1.807) is 18.4 Å². The first-order chi connectivity index (χ1) is 7.72. The van der Waals surface area contributed by atoms with Gasteiger partial charge in [0.05, 0.1) is 12.8 Å². The monoisotopic (exact) mass is 244 g/mol. The van der Waals surface area contributed by atoms with E-state index in [2.05, 4.69) is 10.6 Å². The summed E-state index contributed by atoms with van der Waals surface area (Å²) in [5.74, 6) is 0.179. The molecule has 0 aromatic carbocycles. The number of rotatable bonds is 6. The van der Waals surface area contributed by atoms with Gasteiger partial charge in [-0.15, -0.1) is 11.6 Å². The molecule has 0 aliphatic heterocycles. The third kappa shape index (κ3) is 4.84. The molecule has 0 unspecified atom stereocenters. The van der Waals surface area contributed by atoms with Crippen LogP contribution in [0.1, 0.15) is 12.2 Å². The molecule has 0 spiro atoms. The highest BCUT2D eigenvalue weighted by molar-refractivity contribution is 6.27. The molecule has 1 rings (SSSR count). The molecule has 0 radical (unpaired) electrons. The minimum absolute atomic E-state index is 0.0893. The summed E-state index contributed by atoms with van der Waals surface area (Å²) in [4.78, 5) is 22.0. The van der Waals surface area contributed by atoms with Crippen molar-refractivity contribution in [3.63, 3.8) is 0 Å². The summed E-state index contributed by atoms with van der Waals surface area (Å²) < 4.78 is 5.04. The van der Waals surface area contributed by atoms with E-state index < -0.39 is 0 Å². The Morgan fingerprint density at radius 3 is 2.75 bits per heavy atom. The fraction of sp³-hybridized carbons (Fsp3) is 0.400. The fourth-order valence-electron chi connectivity index (χ4n) is 1.05. The van der Waals surface area contributed by atoms with Gasteiger partial charge in [0.15, 0.2) is 0 Å². The van der Waals surface area contributed by atoms with Gasteiger partial charge in [0.25, 0.3) is 0 Å². The molecule has 0 aliphatic carbocycles. The van der Waals surface area contributed by atoms with Crippen molar-refractivity contribution < 1.29 is 14.0 Å². The highest BCUT2D eigenvalue weighted by atomic mass is 35.5. The summed E-state index contributed by atoms with van der Waals surface area (Å²) in [6.07, 6.45) is 1.77. The van der Waals surface area contributed by atoms with Crippen LogP contribution in [0, 0.1) is 0 Å². The van der Waals surface area contributed by atoms with Crippen molar-refractivity contribution in [1.29, 1.82) is 0 Å². The van der Waals surface area contributed by atoms with E-state index in [-0.39, 0.29) is 30.7 Å². The third-order valence-electron chi connectivity index (χ3n) is 1.84. The number of furan rings is 1. The highest BCUT2D eigenvalue weighted by Gasteiger charge is 2.03. The zero-order valence-electron chi connectivity index (χ0n) is 8.66. The Morgan fingerprint density at radius 1 is 1.31 bits per heavy atom. The lowest BCUT2D eigenvalue weighted by Gasteiger charge is -2.04. The van der Waals surface area contributed by atoms with Crippen LogP contribution in [-0.4, -0.2) is 24.2 Å². The van der Waals surface area contributed by atoms with Crippen LogP contribution in [0.2, 0.25) is 0 Å². The fourth-order valence-corrected chi connectivity index (χ4v) is 1.14. The molecule has 1 aromatic heterocycles. The summed E-state index contributed by atoms with van der Waals surface area (Å²) in [7, 11) is 0. The van der Waals surface area contributed by atoms with Gasteiger partial charge in [-0.05, 0) is 12.1 Å². The van der Waals surface area contributed by atoms with E-state index in [1.165, 1.54) is 0 Å². The zero-order valence-corrected chi connectivity index (χ0v) is 9.42. The Kier molecular flexibility index (Phi) is 5.42. The van der Waals surface area contributed by atoms with Gasteiger partial charge in [-0.1, -0.05) is 0 Å². The van der Waals surface area contributed by atoms with Crippen molar-refractivity contribution in [3.05, 3.63) is 24.2 Å². The minimum atomic E-state index is -0.277. The van der Waals surface area contributed by atoms with Gasteiger partial charge in [0.1, 0.15) is 11.6 Å². The summed E-state index contributed by atoms with van der Waals surface area (Å²) in [6, 6.07) is 3.53. The van der Waals surface area contributed by atoms with Gasteiger partial charge in [-0.3, -0.25) is 9.59 Å². The standard InChI is InChI=1S/C10H13ClN2O3/c11-6-10(15)12-4-3-9(14)13-7-8-2-1-5-16-8/h1-2,5H,3-4,6-7H2,(H,12,15)(H,13,14). The van der Waals surface area contributed by atoms with Crippen molar-refractivity contribution in [2.45, 2.75) is 13.0 Å². The molecule has 1 aromatic rings. The van der Waals surface area contributed by atoms with Gasteiger partial charge < -0.3 is 15.1 Å². The molecule has 6 heteroatoms. The number of carbonyl (C=O) groups is 2. The second-order valence-corrected chi connectivity index (χ2v) is 3.36. The topological polar surface area (TPSA) is 71.3 Å². The molecule has 88 valence electrons. The molecule has 0 saturated heterocycles. The van der Waals surface area contributed by atoms with Crippen LogP contribution >= 0.6 is 11.6 Å². The first-order valence-electron chi connectivity index (χ1n) is 4.84. The molecule has 5 nitrogen and oxygen atoms in total. The van der Waals surface area contributed by atoms with Gasteiger partial charge in [0, 0.05) is 13.0 Å². The molecular weight excluding hydrogens is 232 g/mol. The lowest BCUT2D eigenvalue weighted by atomic mass is 10.3. The molecule has 0 aliphatic rings. The Hall–Kier alpha value is -1.49. The van der Waals surface area contributed by atoms with E-state index in [0.29, 0.717) is 12.3 Å². The molecule has 0 atom stereocenters. The van der Waals surface area contributed by atoms with E-state index in [4.69, 9.17) is 16.0 Å². The van der Waals surface area contributed by atoms with Gasteiger partial charge in [0.2, 0.25) is 11.8 Å².